The number of nitrogens with zero attached hydrogens (tertiary/aromatic N) is 4. The van der Waals surface area contributed by atoms with E-state index in [4.69, 9.17) is 4.52 Å². The van der Waals surface area contributed by atoms with Crippen LogP contribution in [0.5, 0.6) is 0 Å². The molecule has 0 radical (unpaired) electrons. The molecule has 3 heterocycles. The minimum Gasteiger partial charge on any atom is -0.341 e. The van der Waals surface area contributed by atoms with Crippen LogP contribution in [0.25, 0.3) is 0 Å². The Bertz CT molecular complexity index is 879. The Morgan fingerprint density at radius 2 is 1.86 bits per heavy atom. The van der Waals surface area contributed by atoms with E-state index in [1.54, 1.807) is 6.92 Å². The van der Waals surface area contributed by atoms with Crippen molar-refractivity contribution in [2.45, 2.75) is 32.6 Å². The third-order valence-electron chi connectivity index (χ3n) is 5.81. The zero-order valence-electron chi connectivity index (χ0n) is 16.6. The average molecular weight is 382 g/mol. The van der Waals surface area contributed by atoms with Crippen molar-refractivity contribution in [1.82, 2.24) is 19.9 Å². The van der Waals surface area contributed by atoms with E-state index in [0.29, 0.717) is 55.8 Å². The van der Waals surface area contributed by atoms with Crippen LogP contribution in [-0.2, 0) is 10.2 Å². The van der Waals surface area contributed by atoms with Crippen molar-refractivity contribution in [3.8, 4) is 0 Å². The van der Waals surface area contributed by atoms with Crippen molar-refractivity contribution >= 4 is 11.8 Å². The number of benzene rings is 1. The van der Waals surface area contributed by atoms with Gasteiger partial charge in [-0.25, -0.2) is 0 Å². The van der Waals surface area contributed by atoms with Gasteiger partial charge in [0.15, 0.2) is 5.82 Å². The highest BCUT2D eigenvalue weighted by Crippen LogP contribution is 2.45. The highest BCUT2D eigenvalue weighted by atomic mass is 16.5. The van der Waals surface area contributed by atoms with Crippen molar-refractivity contribution in [3.05, 3.63) is 47.6 Å². The first-order valence-corrected chi connectivity index (χ1v) is 9.82. The Kier molecular flexibility index (Phi) is 4.69. The lowest BCUT2D eigenvalue weighted by atomic mass is 9.81. The summed E-state index contributed by atoms with van der Waals surface area (Å²) in [6.07, 6.45) is 0.526. The van der Waals surface area contributed by atoms with E-state index in [1.165, 1.54) is 0 Å². The monoisotopic (exact) mass is 382 g/mol. The van der Waals surface area contributed by atoms with E-state index >= 15 is 0 Å². The molecule has 7 nitrogen and oxygen atoms in total. The van der Waals surface area contributed by atoms with E-state index in [1.807, 2.05) is 54.0 Å². The van der Waals surface area contributed by atoms with Gasteiger partial charge in [-0.1, -0.05) is 37.2 Å². The summed E-state index contributed by atoms with van der Waals surface area (Å²) < 4.78 is 5.56. The molecule has 0 unspecified atom stereocenters. The summed E-state index contributed by atoms with van der Waals surface area (Å²) in [5.74, 6) is 1.68. The molecular formula is C21H26N4O3. The second-order valence-electron chi connectivity index (χ2n) is 8.42. The molecule has 0 aliphatic carbocycles. The SMILES string of the molecule is Cc1noc([C@]23CN(C(=O)CC(C)C)C[C@H]2CN(C(=O)c2ccccc2)C3)n1. The summed E-state index contributed by atoms with van der Waals surface area (Å²) in [4.78, 5) is 33.9. The molecule has 0 spiro atoms. The van der Waals surface area contributed by atoms with Gasteiger partial charge in [0.1, 0.15) is 0 Å². The lowest BCUT2D eigenvalue weighted by molar-refractivity contribution is -0.131. The Morgan fingerprint density at radius 3 is 2.50 bits per heavy atom. The topological polar surface area (TPSA) is 79.5 Å². The van der Waals surface area contributed by atoms with Crippen molar-refractivity contribution in [2.75, 3.05) is 26.2 Å². The first-order valence-electron chi connectivity index (χ1n) is 9.82. The predicted octanol–water partition coefficient (Wildman–Crippen LogP) is 2.28. The highest BCUT2D eigenvalue weighted by molar-refractivity contribution is 5.94. The number of amides is 2. The van der Waals surface area contributed by atoms with Crippen LogP contribution in [0, 0.1) is 18.8 Å². The maximum absolute atomic E-state index is 13.0. The molecule has 0 bridgehead atoms. The second-order valence-corrected chi connectivity index (χ2v) is 8.42. The van der Waals surface area contributed by atoms with E-state index in [-0.39, 0.29) is 17.7 Å². The molecule has 2 fully saturated rings. The van der Waals surface area contributed by atoms with E-state index < -0.39 is 5.41 Å². The number of aryl methyl sites for hydroxylation is 1. The molecule has 2 aliphatic heterocycles. The molecule has 4 rings (SSSR count). The third kappa shape index (κ3) is 3.19. The van der Waals surface area contributed by atoms with Gasteiger partial charge in [-0.2, -0.15) is 4.98 Å². The van der Waals surface area contributed by atoms with Crippen LogP contribution in [-0.4, -0.2) is 57.9 Å². The Labute approximate surface area is 164 Å². The van der Waals surface area contributed by atoms with Gasteiger partial charge in [0.25, 0.3) is 5.91 Å². The zero-order chi connectivity index (χ0) is 19.9. The van der Waals surface area contributed by atoms with Gasteiger partial charge in [-0.3, -0.25) is 9.59 Å². The minimum atomic E-state index is -0.488. The second kappa shape index (κ2) is 7.04. The number of likely N-dealkylation sites (tertiary alicyclic amines) is 2. The van der Waals surface area contributed by atoms with Crippen LogP contribution >= 0.6 is 0 Å². The minimum absolute atomic E-state index is 0.00525. The van der Waals surface area contributed by atoms with Crippen molar-refractivity contribution in [2.24, 2.45) is 11.8 Å². The van der Waals surface area contributed by atoms with E-state index in [2.05, 4.69) is 10.1 Å². The van der Waals surface area contributed by atoms with Crippen LogP contribution in [0.15, 0.2) is 34.9 Å². The molecule has 2 aromatic rings. The Morgan fingerprint density at radius 1 is 1.18 bits per heavy atom. The first kappa shape index (κ1) is 18.7. The fourth-order valence-electron chi connectivity index (χ4n) is 4.45. The molecule has 1 aromatic carbocycles. The van der Waals surface area contributed by atoms with Gasteiger partial charge in [0.2, 0.25) is 11.8 Å². The van der Waals surface area contributed by atoms with Gasteiger partial charge < -0.3 is 14.3 Å². The van der Waals surface area contributed by atoms with Crippen LogP contribution in [0.3, 0.4) is 0 Å². The largest absolute Gasteiger partial charge is 0.341 e. The standard InChI is InChI=1S/C21H26N4O3/c1-14(2)9-18(26)24-10-17-11-25(19(27)16-7-5-4-6-8-16)13-21(17,12-24)20-22-15(3)23-28-20/h4-8,14,17H,9-13H2,1-3H3/t17-,21-/m0/s1. The van der Waals surface area contributed by atoms with Gasteiger partial charge >= 0.3 is 0 Å². The zero-order valence-corrected chi connectivity index (χ0v) is 16.6. The van der Waals surface area contributed by atoms with Crippen LogP contribution in [0.4, 0.5) is 0 Å². The van der Waals surface area contributed by atoms with Gasteiger partial charge in [-0.05, 0) is 25.0 Å². The number of carbonyl (C=O) groups excluding carboxylic acids is 2. The molecule has 1 aromatic heterocycles. The molecule has 28 heavy (non-hydrogen) atoms. The van der Waals surface area contributed by atoms with Gasteiger partial charge in [0.05, 0.1) is 5.41 Å². The molecule has 148 valence electrons. The third-order valence-corrected chi connectivity index (χ3v) is 5.81. The molecule has 2 amide bonds. The van der Waals surface area contributed by atoms with Gasteiger partial charge in [-0.15, -0.1) is 0 Å². The number of hydrogen-bond donors (Lipinski definition) is 0. The number of rotatable bonds is 4. The first-order chi connectivity index (χ1) is 13.4. The molecule has 2 saturated heterocycles. The number of fused-ring (bicyclic) bond motifs is 1. The summed E-state index contributed by atoms with van der Waals surface area (Å²) >= 11 is 0. The number of aromatic nitrogens is 2. The van der Waals surface area contributed by atoms with Crippen molar-refractivity contribution < 1.29 is 14.1 Å². The van der Waals surface area contributed by atoms with E-state index in [0.717, 1.165) is 0 Å². The normalized spacial score (nSPS) is 24.1. The lowest BCUT2D eigenvalue weighted by Gasteiger charge is -2.26. The Balaban J connectivity index is 1.61. The quantitative estimate of drug-likeness (QED) is 0.810. The number of carbonyl (C=O) groups is 2. The smallest absolute Gasteiger partial charge is 0.253 e. The average Bonchev–Trinajstić information content (AvgIpc) is 3.33. The maximum Gasteiger partial charge on any atom is 0.253 e. The maximum atomic E-state index is 13.0. The van der Waals surface area contributed by atoms with Crippen LogP contribution in [0.2, 0.25) is 0 Å². The molecule has 0 saturated carbocycles. The van der Waals surface area contributed by atoms with E-state index in [9.17, 15) is 9.59 Å². The molecule has 2 aliphatic rings. The summed E-state index contributed by atoms with van der Waals surface area (Å²) in [6.45, 7) is 8.09. The lowest BCUT2D eigenvalue weighted by Crippen LogP contribution is -2.41. The molecular weight excluding hydrogens is 356 g/mol. The molecule has 2 atom stereocenters. The fourth-order valence-corrected chi connectivity index (χ4v) is 4.45. The number of hydrogen-bond acceptors (Lipinski definition) is 5. The summed E-state index contributed by atoms with van der Waals surface area (Å²) in [5, 5.41) is 3.97. The summed E-state index contributed by atoms with van der Waals surface area (Å²) in [6, 6.07) is 9.30. The Hall–Kier alpha value is -2.70. The fraction of sp³-hybridized carbons (Fsp3) is 0.524. The molecule has 0 N–H and O–H groups in total. The van der Waals surface area contributed by atoms with Crippen molar-refractivity contribution in [1.29, 1.82) is 0 Å². The highest BCUT2D eigenvalue weighted by Gasteiger charge is 2.58. The van der Waals surface area contributed by atoms with Crippen LogP contribution in [0.1, 0.15) is 42.3 Å². The summed E-state index contributed by atoms with van der Waals surface area (Å²) in [5.41, 5.74) is 0.185. The predicted molar refractivity (Wildman–Crippen MR) is 103 cm³/mol. The van der Waals surface area contributed by atoms with Gasteiger partial charge in [0, 0.05) is 44.1 Å². The van der Waals surface area contributed by atoms with Crippen LogP contribution < -0.4 is 0 Å². The summed E-state index contributed by atoms with van der Waals surface area (Å²) in [7, 11) is 0. The van der Waals surface area contributed by atoms with Crippen molar-refractivity contribution in [3.63, 3.8) is 0 Å². The molecule has 7 heteroatoms.